The number of imidazole rings is 1. The lowest BCUT2D eigenvalue weighted by Crippen LogP contribution is -2.33. The molecule has 2 aliphatic rings. The number of hydrogen-bond donors (Lipinski definition) is 2. The molecule has 1 aliphatic carbocycles. The Labute approximate surface area is 216 Å². The lowest BCUT2D eigenvalue weighted by Gasteiger charge is -2.28. The van der Waals surface area contributed by atoms with E-state index in [-0.39, 0.29) is 5.95 Å². The first-order valence-electron chi connectivity index (χ1n) is 12.1. The van der Waals surface area contributed by atoms with Crippen molar-refractivity contribution in [3.05, 3.63) is 35.2 Å². The number of hydroxylamine groups is 1. The molecule has 2 N–H and O–H groups in total. The molecule has 1 saturated heterocycles. The van der Waals surface area contributed by atoms with Gasteiger partial charge in [0.25, 0.3) is 0 Å². The van der Waals surface area contributed by atoms with Gasteiger partial charge in [-0.2, -0.15) is 13.2 Å². The van der Waals surface area contributed by atoms with Crippen molar-refractivity contribution in [3.8, 4) is 11.3 Å². The number of carbonyl (C=O) groups excluding carboxylic acids is 1. The number of anilines is 1. The Morgan fingerprint density at radius 3 is 2.59 bits per heavy atom. The van der Waals surface area contributed by atoms with Crippen LogP contribution >= 0.6 is 11.6 Å². The Morgan fingerprint density at radius 2 is 1.95 bits per heavy atom. The molecule has 0 bridgehead atoms. The van der Waals surface area contributed by atoms with E-state index in [0.29, 0.717) is 51.4 Å². The van der Waals surface area contributed by atoms with Crippen LogP contribution in [0.4, 0.5) is 23.9 Å². The number of aromatic nitrogens is 4. The summed E-state index contributed by atoms with van der Waals surface area (Å²) in [6.45, 7) is 1.57. The third kappa shape index (κ3) is 5.59. The lowest BCUT2D eigenvalue weighted by atomic mass is 9.83. The smallest absolute Gasteiger partial charge is 0.351 e. The quantitative estimate of drug-likeness (QED) is 0.445. The zero-order valence-electron chi connectivity index (χ0n) is 20.3. The van der Waals surface area contributed by atoms with Crippen molar-refractivity contribution < 1.29 is 22.8 Å². The van der Waals surface area contributed by atoms with Gasteiger partial charge in [0.05, 0.1) is 27.4 Å². The molecule has 4 heterocycles. The zero-order valence-corrected chi connectivity index (χ0v) is 21.1. The molecule has 1 unspecified atom stereocenters. The summed E-state index contributed by atoms with van der Waals surface area (Å²) in [5, 5.41) is 2.98. The van der Waals surface area contributed by atoms with Gasteiger partial charge in [0.15, 0.2) is 6.17 Å². The van der Waals surface area contributed by atoms with E-state index in [1.54, 1.807) is 18.3 Å². The van der Waals surface area contributed by atoms with Gasteiger partial charge in [0.1, 0.15) is 6.54 Å². The second kappa shape index (κ2) is 9.97. The van der Waals surface area contributed by atoms with Crippen molar-refractivity contribution in [2.24, 2.45) is 11.8 Å². The topological polar surface area (TPSA) is 97.2 Å². The Kier molecular flexibility index (Phi) is 6.88. The first-order chi connectivity index (χ1) is 17.6. The van der Waals surface area contributed by atoms with Gasteiger partial charge in [0, 0.05) is 31.5 Å². The molecule has 3 aromatic rings. The number of pyridine rings is 2. The minimum absolute atomic E-state index is 0.195. The number of nitrogens with one attached hydrogen (secondary N) is 2. The number of nitrogens with zero attached hydrogens (tertiary/aromatic N) is 5. The molecule has 1 aliphatic heterocycles. The number of alkyl halides is 3. The molecule has 0 spiro atoms. The highest BCUT2D eigenvalue weighted by Gasteiger charge is 2.33. The second-order valence-electron chi connectivity index (χ2n) is 9.86. The Balaban J connectivity index is 1.69. The van der Waals surface area contributed by atoms with E-state index in [1.165, 1.54) is 13.2 Å². The highest BCUT2D eigenvalue weighted by Crippen LogP contribution is 2.37. The van der Waals surface area contributed by atoms with Gasteiger partial charge >= 0.3 is 12.3 Å². The predicted molar refractivity (Wildman–Crippen MR) is 132 cm³/mol. The Morgan fingerprint density at radius 1 is 1.19 bits per heavy atom. The fraction of sp³-hybridized carbons (Fsp3) is 0.500. The normalized spacial score (nSPS) is 22.2. The Hall–Kier alpha value is -3.12. The van der Waals surface area contributed by atoms with Crippen LogP contribution in [0.1, 0.15) is 44.5 Å². The van der Waals surface area contributed by atoms with E-state index >= 15 is 0 Å². The number of carbonyl (C=O) groups is 1. The highest BCUT2D eigenvalue weighted by atomic mass is 35.5. The first-order valence-corrected chi connectivity index (χ1v) is 12.5. The summed E-state index contributed by atoms with van der Waals surface area (Å²) >= 11 is 6.23. The van der Waals surface area contributed by atoms with Crippen LogP contribution in [0.25, 0.3) is 22.3 Å². The molecule has 1 saturated carbocycles. The van der Waals surface area contributed by atoms with Gasteiger partial charge < -0.3 is 14.3 Å². The van der Waals surface area contributed by atoms with Gasteiger partial charge in [-0.1, -0.05) is 31.4 Å². The predicted octanol–water partition coefficient (Wildman–Crippen LogP) is 5.21. The maximum absolute atomic E-state index is 13.4. The molecule has 37 heavy (non-hydrogen) atoms. The van der Waals surface area contributed by atoms with Crippen molar-refractivity contribution in [3.63, 3.8) is 0 Å². The average molecular weight is 538 g/mol. The minimum Gasteiger partial charge on any atom is -0.351 e. The average Bonchev–Trinajstić information content (AvgIpc) is 3.43. The maximum Gasteiger partial charge on any atom is 0.427 e. The second-order valence-corrected chi connectivity index (χ2v) is 10.3. The number of halogens is 4. The fourth-order valence-corrected chi connectivity index (χ4v) is 5.23. The van der Waals surface area contributed by atoms with E-state index in [2.05, 4.69) is 27.7 Å². The molecule has 0 radical (unpaired) electrons. The highest BCUT2D eigenvalue weighted by molar-refractivity contribution is 6.30. The molecular formula is C24H27ClF3N7O2. The van der Waals surface area contributed by atoms with Crippen molar-refractivity contribution in [2.45, 2.75) is 51.5 Å². The zero-order chi connectivity index (χ0) is 26.3. The van der Waals surface area contributed by atoms with Crippen LogP contribution in [-0.2, 0) is 11.4 Å². The van der Waals surface area contributed by atoms with Gasteiger partial charge in [-0.05, 0) is 36.8 Å². The van der Waals surface area contributed by atoms with Crippen LogP contribution in [0.3, 0.4) is 0 Å². The summed E-state index contributed by atoms with van der Waals surface area (Å²) in [5.41, 5.74) is 5.00. The van der Waals surface area contributed by atoms with Crippen molar-refractivity contribution in [1.29, 1.82) is 0 Å². The summed E-state index contributed by atoms with van der Waals surface area (Å²) in [6.07, 6.45) is 1.36. The van der Waals surface area contributed by atoms with E-state index in [4.69, 9.17) is 21.4 Å². The molecule has 13 heteroatoms. The van der Waals surface area contributed by atoms with Crippen LogP contribution in [0.2, 0.25) is 5.02 Å². The van der Waals surface area contributed by atoms with Gasteiger partial charge in [-0.15, -0.1) is 5.48 Å². The summed E-state index contributed by atoms with van der Waals surface area (Å²) < 4.78 is 42.0. The molecule has 1 atom stereocenters. The van der Waals surface area contributed by atoms with Crippen molar-refractivity contribution in [2.75, 3.05) is 18.5 Å². The Bertz CT molecular complexity index is 1310. The molecule has 5 rings (SSSR count). The number of hydrogen-bond acceptors (Lipinski definition) is 7. The summed E-state index contributed by atoms with van der Waals surface area (Å²) in [5.74, 6) is 1.12. The fourth-order valence-electron chi connectivity index (χ4n) is 5.05. The van der Waals surface area contributed by atoms with Crippen molar-refractivity contribution in [1.82, 2.24) is 30.3 Å². The number of amides is 1. The maximum atomic E-state index is 13.4. The molecule has 1 amide bonds. The van der Waals surface area contributed by atoms with E-state index in [9.17, 15) is 18.0 Å². The molecule has 198 valence electrons. The summed E-state index contributed by atoms with van der Waals surface area (Å²) in [7, 11) is 1.38. The molecule has 0 aromatic carbocycles. The molecule has 3 aromatic heterocycles. The summed E-state index contributed by atoms with van der Waals surface area (Å²) in [4.78, 5) is 31.2. The molecule has 9 nitrogen and oxygen atoms in total. The minimum atomic E-state index is -4.41. The SMILES string of the molecule is CC1CCC(Cn2c(N(C)CC(F)(F)F)nc3cc(C4NOC(=O)N4)nc(-c4cncc(Cl)c4)c32)CC1. The van der Waals surface area contributed by atoms with E-state index < -0.39 is 25.0 Å². The number of fused-ring (bicyclic) bond motifs is 1. The standard InChI is InChI=1S/C24H27ClF3N7O2/c1-13-3-5-14(6-4-13)11-35-20-17(31-22(35)34(2)12-24(26,27)28)8-18(21-32-23(36)37-33-21)30-19(20)15-7-16(25)10-29-9-15/h7-10,13-14,21,33H,3-6,11-12H2,1-2H3,(H,32,36). The largest absolute Gasteiger partial charge is 0.427 e. The van der Waals surface area contributed by atoms with Gasteiger partial charge in [0.2, 0.25) is 5.95 Å². The van der Waals surface area contributed by atoms with Crippen LogP contribution in [0.5, 0.6) is 0 Å². The van der Waals surface area contributed by atoms with E-state index in [1.807, 2.05) is 4.57 Å². The monoisotopic (exact) mass is 537 g/mol. The third-order valence-corrected chi connectivity index (χ3v) is 7.07. The molecule has 2 fully saturated rings. The van der Waals surface area contributed by atoms with E-state index in [0.717, 1.165) is 30.6 Å². The first kappa shape index (κ1) is 25.5. The molecular weight excluding hydrogens is 511 g/mol. The van der Waals surface area contributed by atoms with Crippen molar-refractivity contribution >= 4 is 34.7 Å². The van der Waals surface area contributed by atoms with Crippen LogP contribution < -0.4 is 15.7 Å². The number of rotatable bonds is 6. The van der Waals surface area contributed by atoms with Crippen LogP contribution in [-0.4, -0.2) is 45.4 Å². The van der Waals surface area contributed by atoms with Gasteiger partial charge in [-0.25, -0.2) is 14.8 Å². The van der Waals surface area contributed by atoms with Gasteiger partial charge in [-0.3, -0.25) is 10.3 Å². The summed E-state index contributed by atoms with van der Waals surface area (Å²) in [6, 6.07) is 3.34. The third-order valence-electron chi connectivity index (χ3n) is 6.86. The lowest BCUT2D eigenvalue weighted by molar-refractivity contribution is -0.119. The van der Waals surface area contributed by atoms with Crippen LogP contribution in [0, 0.1) is 11.8 Å². The van der Waals surface area contributed by atoms with Crippen LogP contribution in [0.15, 0.2) is 24.5 Å².